The highest BCUT2D eigenvalue weighted by molar-refractivity contribution is 5.91. The Morgan fingerprint density at radius 2 is 1.67 bits per heavy atom. The summed E-state index contributed by atoms with van der Waals surface area (Å²) in [6.45, 7) is 1.01. The molecule has 0 aliphatic rings. The summed E-state index contributed by atoms with van der Waals surface area (Å²) in [4.78, 5) is 8.74. The summed E-state index contributed by atoms with van der Waals surface area (Å²) in [7, 11) is 4.94. The zero-order chi connectivity index (χ0) is 23.0. The molecule has 4 aromatic rings. The van der Waals surface area contributed by atoms with Crippen LogP contribution in [-0.4, -0.2) is 54.7 Å². The minimum absolute atomic E-state index is 0.483. The lowest BCUT2D eigenvalue weighted by Gasteiger charge is -2.09. The van der Waals surface area contributed by atoms with E-state index in [0.717, 1.165) is 52.3 Å². The molecule has 0 aliphatic carbocycles. The van der Waals surface area contributed by atoms with Gasteiger partial charge in [-0.2, -0.15) is 5.10 Å². The maximum atomic E-state index is 5.67. The Bertz CT molecular complexity index is 1190. The second-order valence-corrected chi connectivity index (χ2v) is 7.37. The molecule has 0 unspecified atom stereocenters. The molecule has 0 saturated carbocycles. The fraction of sp³-hybridized carbons (Fsp3) is 0.292. The highest BCUT2D eigenvalue weighted by atomic mass is 16.5. The fourth-order valence-electron chi connectivity index (χ4n) is 3.43. The number of H-pyrrole nitrogens is 1. The van der Waals surface area contributed by atoms with Crippen molar-refractivity contribution in [3.8, 4) is 17.2 Å². The molecule has 172 valence electrons. The fourth-order valence-corrected chi connectivity index (χ4v) is 3.43. The van der Waals surface area contributed by atoms with Gasteiger partial charge in [0.05, 0.1) is 26.3 Å². The van der Waals surface area contributed by atoms with Gasteiger partial charge in [0.1, 0.15) is 36.0 Å². The first kappa shape index (κ1) is 22.3. The molecule has 0 spiro atoms. The summed E-state index contributed by atoms with van der Waals surface area (Å²) >= 11 is 0. The van der Waals surface area contributed by atoms with E-state index in [-0.39, 0.29) is 0 Å². The molecule has 0 atom stereocenters. The van der Waals surface area contributed by atoms with Crippen LogP contribution in [0.3, 0.4) is 0 Å². The van der Waals surface area contributed by atoms with Crippen LogP contribution in [0.1, 0.15) is 11.3 Å². The maximum Gasteiger partial charge on any atom is 0.153 e. The normalized spacial score (nSPS) is 10.9. The topological polar surface area (TPSA) is 103 Å². The third kappa shape index (κ3) is 5.69. The number of ether oxygens (including phenoxy) is 4. The molecule has 9 nitrogen and oxygen atoms in total. The molecule has 33 heavy (non-hydrogen) atoms. The summed E-state index contributed by atoms with van der Waals surface area (Å²) in [5, 5.41) is 11.6. The van der Waals surface area contributed by atoms with E-state index in [2.05, 4.69) is 25.5 Å². The van der Waals surface area contributed by atoms with Crippen molar-refractivity contribution in [3.05, 3.63) is 60.0 Å². The van der Waals surface area contributed by atoms with Crippen molar-refractivity contribution in [1.82, 2.24) is 20.2 Å². The minimum atomic E-state index is 0.483. The van der Waals surface area contributed by atoms with E-state index in [1.807, 2.05) is 42.5 Å². The van der Waals surface area contributed by atoms with Crippen LogP contribution < -0.4 is 19.5 Å². The zero-order valence-corrected chi connectivity index (χ0v) is 18.9. The number of rotatable bonds is 11. The number of hydrogen-bond acceptors (Lipinski definition) is 8. The molecule has 0 saturated heterocycles. The molecular formula is C24H27N5O4. The molecule has 4 rings (SSSR count). The first-order valence-corrected chi connectivity index (χ1v) is 10.6. The van der Waals surface area contributed by atoms with Gasteiger partial charge in [-0.1, -0.05) is 0 Å². The summed E-state index contributed by atoms with van der Waals surface area (Å²) in [5.74, 6) is 3.66. The van der Waals surface area contributed by atoms with Crippen molar-refractivity contribution < 1.29 is 18.9 Å². The lowest BCUT2D eigenvalue weighted by atomic mass is 10.1. The number of aryl methyl sites for hydroxylation is 2. The Labute approximate surface area is 192 Å². The number of aromatic nitrogens is 4. The van der Waals surface area contributed by atoms with Gasteiger partial charge in [-0.15, -0.1) is 0 Å². The van der Waals surface area contributed by atoms with Gasteiger partial charge < -0.3 is 24.3 Å². The summed E-state index contributed by atoms with van der Waals surface area (Å²) in [6.07, 6.45) is 3.13. The maximum absolute atomic E-state index is 5.67. The van der Waals surface area contributed by atoms with Crippen LogP contribution in [-0.2, 0) is 17.6 Å². The molecule has 2 aromatic heterocycles. The van der Waals surface area contributed by atoms with Crippen molar-refractivity contribution in [2.45, 2.75) is 12.8 Å². The Hall–Kier alpha value is -3.85. The van der Waals surface area contributed by atoms with Gasteiger partial charge in [-0.05, 0) is 42.7 Å². The van der Waals surface area contributed by atoms with Crippen LogP contribution in [0.15, 0.2) is 48.8 Å². The number of nitrogens with zero attached hydrogens (tertiary/aromatic N) is 3. The number of hydrogen-bond donors (Lipinski definition) is 2. The largest absolute Gasteiger partial charge is 0.497 e. The Balaban J connectivity index is 1.43. The van der Waals surface area contributed by atoms with Crippen molar-refractivity contribution in [2.24, 2.45) is 0 Å². The van der Waals surface area contributed by atoms with Crippen LogP contribution in [0.4, 0.5) is 11.6 Å². The number of fused-ring (bicyclic) bond motifs is 1. The zero-order valence-electron chi connectivity index (χ0n) is 18.9. The van der Waals surface area contributed by atoms with Crippen molar-refractivity contribution >= 4 is 22.5 Å². The molecule has 0 fully saturated rings. The van der Waals surface area contributed by atoms with Gasteiger partial charge in [-0.3, -0.25) is 5.10 Å². The van der Waals surface area contributed by atoms with Crippen molar-refractivity contribution in [2.75, 3.05) is 39.9 Å². The monoisotopic (exact) mass is 449 g/mol. The quantitative estimate of drug-likeness (QED) is 0.332. The minimum Gasteiger partial charge on any atom is -0.497 e. The Kier molecular flexibility index (Phi) is 7.21. The Morgan fingerprint density at radius 1 is 0.848 bits per heavy atom. The molecule has 0 amide bonds. The molecule has 2 heterocycles. The lowest BCUT2D eigenvalue weighted by Crippen LogP contribution is -2.04. The van der Waals surface area contributed by atoms with E-state index in [9.17, 15) is 0 Å². The van der Waals surface area contributed by atoms with Gasteiger partial charge in [0.15, 0.2) is 5.82 Å². The summed E-state index contributed by atoms with van der Waals surface area (Å²) in [6, 6.07) is 13.6. The highest BCUT2D eigenvalue weighted by Crippen LogP contribution is 2.27. The molecule has 2 aromatic carbocycles. The van der Waals surface area contributed by atoms with E-state index >= 15 is 0 Å². The SMILES string of the molecule is COCCOc1ccc2c(Nc3cc(CCc4cc(OC)cc(OC)c4)[nH]n3)ncnc2c1. The average Bonchev–Trinajstić information content (AvgIpc) is 3.30. The Morgan fingerprint density at radius 3 is 2.42 bits per heavy atom. The van der Waals surface area contributed by atoms with Gasteiger partial charge >= 0.3 is 0 Å². The van der Waals surface area contributed by atoms with Crippen LogP contribution >= 0.6 is 0 Å². The first-order valence-electron chi connectivity index (χ1n) is 10.6. The molecular weight excluding hydrogens is 422 g/mol. The third-order valence-corrected chi connectivity index (χ3v) is 5.14. The van der Waals surface area contributed by atoms with E-state index in [0.29, 0.717) is 24.8 Å². The number of aromatic amines is 1. The molecule has 0 bridgehead atoms. The molecule has 9 heteroatoms. The highest BCUT2D eigenvalue weighted by Gasteiger charge is 2.09. The van der Waals surface area contributed by atoms with Gasteiger partial charge in [0.2, 0.25) is 0 Å². The third-order valence-electron chi connectivity index (χ3n) is 5.14. The summed E-state index contributed by atoms with van der Waals surface area (Å²) < 4.78 is 21.4. The predicted octanol–water partition coefficient (Wildman–Crippen LogP) is 3.92. The number of nitrogens with one attached hydrogen (secondary N) is 2. The second kappa shape index (κ2) is 10.6. The predicted molar refractivity (Wildman–Crippen MR) is 126 cm³/mol. The van der Waals surface area contributed by atoms with Crippen LogP contribution in [0, 0.1) is 0 Å². The standard InChI is InChI=1S/C24H27N5O4/c1-30-8-9-33-18-6-7-21-22(14-18)25-15-26-24(21)27-23-12-17(28-29-23)5-4-16-10-19(31-2)13-20(11-16)32-3/h6-7,10-15H,4-5,8-9H2,1-3H3,(H2,25,26,27,28,29). The number of anilines is 2. The van der Waals surface area contributed by atoms with Crippen molar-refractivity contribution in [3.63, 3.8) is 0 Å². The second-order valence-electron chi connectivity index (χ2n) is 7.37. The van der Waals surface area contributed by atoms with Gasteiger partial charge in [0.25, 0.3) is 0 Å². The van der Waals surface area contributed by atoms with Crippen LogP contribution in [0.25, 0.3) is 10.9 Å². The van der Waals surface area contributed by atoms with Crippen molar-refractivity contribution in [1.29, 1.82) is 0 Å². The smallest absolute Gasteiger partial charge is 0.153 e. The van der Waals surface area contributed by atoms with Gasteiger partial charge in [-0.25, -0.2) is 9.97 Å². The molecule has 0 aliphatic heterocycles. The first-order chi connectivity index (χ1) is 16.2. The molecule has 2 N–H and O–H groups in total. The van der Waals surface area contributed by atoms with E-state index in [1.54, 1.807) is 21.3 Å². The number of methoxy groups -OCH3 is 3. The van der Waals surface area contributed by atoms with E-state index in [1.165, 1.54) is 6.33 Å². The van der Waals surface area contributed by atoms with E-state index in [4.69, 9.17) is 18.9 Å². The summed E-state index contributed by atoms with van der Waals surface area (Å²) in [5.41, 5.74) is 2.91. The van der Waals surface area contributed by atoms with Crippen LogP contribution in [0.5, 0.6) is 17.2 Å². The number of benzene rings is 2. The van der Waals surface area contributed by atoms with Crippen LogP contribution in [0.2, 0.25) is 0 Å². The van der Waals surface area contributed by atoms with E-state index < -0.39 is 0 Å². The van der Waals surface area contributed by atoms with Gasteiger partial charge in [0, 0.05) is 36.4 Å². The molecule has 0 radical (unpaired) electrons. The lowest BCUT2D eigenvalue weighted by molar-refractivity contribution is 0.146. The average molecular weight is 450 g/mol.